The monoisotopic (exact) mass is 351 g/mol. The normalized spacial score (nSPS) is 10.3. The number of rotatable bonds is 3. The molecule has 0 saturated heterocycles. The molecule has 1 amide bonds. The van der Waals surface area contributed by atoms with E-state index in [1.54, 1.807) is 18.2 Å². The second-order valence-electron chi connectivity index (χ2n) is 4.75. The highest BCUT2D eigenvalue weighted by Crippen LogP contribution is 2.24. The molecule has 0 fully saturated rings. The third kappa shape index (κ3) is 3.52. The predicted molar refractivity (Wildman–Crippen MR) is 87.2 cm³/mol. The molecule has 0 radical (unpaired) electrons. The molecule has 110 valence electrons. The Morgan fingerprint density at radius 1 is 1.24 bits per heavy atom. The number of carbonyl (C=O) groups excluding carboxylic acids is 1. The second-order valence-corrected chi connectivity index (χ2v) is 5.61. The van der Waals surface area contributed by atoms with Crippen molar-refractivity contribution in [3.8, 4) is 0 Å². The lowest BCUT2D eigenvalue weighted by Crippen LogP contribution is -2.18. The first-order valence-electron chi connectivity index (χ1n) is 6.21. The highest BCUT2D eigenvalue weighted by Gasteiger charge is 2.14. The molecule has 0 aliphatic heterocycles. The first-order chi connectivity index (χ1) is 9.88. The van der Waals surface area contributed by atoms with Gasteiger partial charge in [0.2, 0.25) is 0 Å². The number of nitrogens with zero attached hydrogens (tertiary/aromatic N) is 1. The van der Waals surface area contributed by atoms with Gasteiger partial charge in [-0.05, 0) is 52.3 Å². The fraction of sp³-hybridized carbons (Fsp3) is 0.133. The summed E-state index contributed by atoms with van der Waals surface area (Å²) in [5.41, 5.74) is 7.96. The maximum Gasteiger partial charge on any atom is 0.257 e. The number of halogens is 2. The van der Waals surface area contributed by atoms with Crippen molar-refractivity contribution in [2.24, 2.45) is 0 Å². The molecule has 0 aliphatic carbocycles. The SMILES string of the molecule is CN(C)c1ccc(N)cc1C(=O)Nc1ccc(F)c(Br)c1. The van der Waals surface area contributed by atoms with Gasteiger partial charge in [-0.25, -0.2) is 4.39 Å². The van der Waals surface area contributed by atoms with Crippen molar-refractivity contribution >= 4 is 38.9 Å². The summed E-state index contributed by atoms with van der Waals surface area (Å²) in [6, 6.07) is 9.43. The summed E-state index contributed by atoms with van der Waals surface area (Å²) in [7, 11) is 3.69. The van der Waals surface area contributed by atoms with Crippen LogP contribution in [-0.4, -0.2) is 20.0 Å². The van der Waals surface area contributed by atoms with Crippen LogP contribution in [0.4, 0.5) is 21.5 Å². The van der Waals surface area contributed by atoms with E-state index in [1.807, 2.05) is 19.0 Å². The molecule has 0 spiro atoms. The molecule has 0 bridgehead atoms. The highest BCUT2D eigenvalue weighted by molar-refractivity contribution is 9.10. The van der Waals surface area contributed by atoms with Crippen LogP contribution in [0.15, 0.2) is 40.9 Å². The van der Waals surface area contributed by atoms with E-state index in [0.717, 1.165) is 5.69 Å². The third-order valence-corrected chi connectivity index (χ3v) is 3.53. The Bertz CT molecular complexity index is 689. The van der Waals surface area contributed by atoms with Gasteiger partial charge in [-0.1, -0.05) is 0 Å². The number of nitrogen functional groups attached to an aromatic ring is 1. The van der Waals surface area contributed by atoms with Crippen LogP contribution < -0.4 is 16.0 Å². The third-order valence-electron chi connectivity index (χ3n) is 2.92. The van der Waals surface area contributed by atoms with Crippen molar-refractivity contribution < 1.29 is 9.18 Å². The molecule has 0 unspecified atom stereocenters. The summed E-state index contributed by atoms with van der Waals surface area (Å²) in [6.07, 6.45) is 0. The standard InChI is InChI=1S/C15H15BrFN3O/c1-20(2)14-6-3-9(18)7-11(14)15(21)19-10-4-5-13(17)12(16)8-10/h3-8H,18H2,1-2H3,(H,19,21). The van der Waals surface area contributed by atoms with Crippen LogP contribution in [0.25, 0.3) is 0 Å². The lowest BCUT2D eigenvalue weighted by atomic mass is 10.1. The van der Waals surface area contributed by atoms with Crippen LogP contribution in [0.2, 0.25) is 0 Å². The van der Waals surface area contributed by atoms with Crippen molar-refractivity contribution in [1.82, 2.24) is 0 Å². The zero-order chi connectivity index (χ0) is 15.6. The fourth-order valence-electron chi connectivity index (χ4n) is 1.90. The maximum atomic E-state index is 13.2. The molecule has 0 heterocycles. The molecule has 2 aromatic rings. The molecular formula is C15H15BrFN3O. The minimum absolute atomic E-state index is 0.292. The number of hydrogen-bond acceptors (Lipinski definition) is 3. The number of amides is 1. The van der Waals surface area contributed by atoms with Gasteiger partial charge in [0, 0.05) is 31.2 Å². The molecule has 6 heteroatoms. The lowest BCUT2D eigenvalue weighted by Gasteiger charge is -2.17. The maximum absolute atomic E-state index is 13.2. The summed E-state index contributed by atoms with van der Waals surface area (Å²) in [4.78, 5) is 14.2. The van der Waals surface area contributed by atoms with Crippen LogP contribution >= 0.6 is 15.9 Å². The largest absolute Gasteiger partial charge is 0.399 e. The number of nitrogens with two attached hydrogens (primary N) is 1. The van der Waals surface area contributed by atoms with Crippen molar-refractivity contribution in [3.05, 3.63) is 52.3 Å². The molecule has 0 atom stereocenters. The Kier molecular flexibility index (Phi) is 4.47. The van der Waals surface area contributed by atoms with Gasteiger partial charge >= 0.3 is 0 Å². The summed E-state index contributed by atoms with van der Waals surface area (Å²) in [5.74, 6) is -0.685. The van der Waals surface area contributed by atoms with E-state index < -0.39 is 0 Å². The van der Waals surface area contributed by atoms with Gasteiger partial charge in [0.05, 0.1) is 10.0 Å². The number of anilines is 3. The van der Waals surface area contributed by atoms with E-state index in [4.69, 9.17) is 5.73 Å². The van der Waals surface area contributed by atoms with Crippen molar-refractivity contribution in [3.63, 3.8) is 0 Å². The number of hydrogen-bond donors (Lipinski definition) is 2. The van der Waals surface area contributed by atoms with Gasteiger partial charge in [0.15, 0.2) is 0 Å². The van der Waals surface area contributed by atoms with Crippen LogP contribution in [0.1, 0.15) is 10.4 Å². The van der Waals surface area contributed by atoms with Gasteiger partial charge in [0.1, 0.15) is 5.82 Å². The predicted octanol–water partition coefficient (Wildman–Crippen LogP) is 3.49. The number of carbonyl (C=O) groups is 1. The molecule has 4 nitrogen and oxygen atoms in total. The average molecular weight is 352 g/mol. The van der Waals surface area contributed by atoms with Gasteiger partial charge in [0.25, 0.3) is 5.91 Å². The fourth-order valence-corrected chi connectivity index (χ4v) is 2.28. The average Bonchev–Trinajstić information content (AvgIpc) is 2.42. The van der Waals surface area contributed by atoms with Gasteiger partial charge in [-0.15, -0.1) is 0 Å². The van der Waals surface area contributed by atoms with E-state index in [9.17, 15) is 9.18 Å². The molecule has 2 aromatic carbocycles. The van der Waals surface area contributed by atoms with E-state index in [2.05, 4.69) is 21.2 Å². The molecule has 0 saturated carbocycles. The summed E-state index contributed by atoms with van der Waals surface area (Å²) >= 11 is 3.09. The van der Waals surface area contributed by atoms with Crippen molar-refractivity contribution in [1.29, 1.82) is 0 Å². The molecule has 0 aliphatic rings. The van der Waals surface area contributed by atoms with Gasteiger partial charge < -0.3 is 16.0 Å². The molecule has 2 rings (SSSR count). The summed E-state index contributed by atoms with van der Waals surface area (Å²) in [5, 5.41) is 2.73. The first kappa shape index (κ1) is 15.3. The molecule has 0 aromatic heterocycles. The second kappa shape index (κ2) is 6.13. The topological polar surface area (TPSA) is 58.4 Å². The van der Waals surface area contributed by atoms with Crippen molar-refractivity contribution in [2.75, 3.05) is 30.0 Å². The van der Waals surface area contributed by atoms with E-state index >= 15 is 0 Å². The minimum atomic E-state index is -0.383. The Balaban J connectivity index is 2.31. The zero-order valence-corrected chi connectivity index (χ0v) is 13.2. The van der Waals surface area contributed by atoms with Crippen LogP contribution in [-0.2, 0) is 0 Å². The first-order valence-corrected chi connectivity index (χ1v) is 7.01. The highest BCUT2D eigenvalue weighted by atomic mass is 79.9. The Hall–Kier alpha value is -2.08. The number of benzene rings is 2. The lowest BCUT2D eigenvalue weighted by molar-refractivity contribution is 0.102. The molecule has 21 heavy (non-hydrogen) atoms. The minimum Gasteiger partial charge on any atom is -0.399 e. The molecular weight excluding hydrogens is 337 g/mol. The summed E-state index contributed by atoms with van der Waals surface area (Å²) < 4.78 is 13.5. The van der Waals surface area contributed by atoms with Crippen LogP contribution in [0.3, 0.4) is 0 Å². The number of nitrogens with one attached hydrogen (secondary N) is 1. The Morgan fingerprint density at radius 2 is 1.95 bits per heavy atom. The van der Waals surface area contributed by atoms with Crippen molar-refractivity contribution in [2.45, 2.75) is 0 Å². The molecule has 3 N–H and O–H groups in total. The van der Waals surface area contributed by atoms with E-state index in [0.29, 0.717) is 21.4 Å². The van der Waals surface area contributed by atoms with Gasteiger partial charge in [-0.2, -0.15) is 0 Å². The van der Waals surface area contributed by atoms with Crippen LogP contribution in [0.5, 0.6) is 0 Å². The van der Waals surface area contributed by atoms with E-state index in [-0.39, 0.29) is 11.7 Å². The van der Waals surface area contributed by atoms with E-state index in [1.165, 1.54) is 18.2 Å². The quantitative estimate of drug-likeness (QED) is 0.832. The Morgan fingerprint density at radius 3 is 2.57 bits per heavy atom. The zero-order valence-electron chi connectivity index (χ0n) is 11.7. The van der Waals surface area contributed by atoms with Gasteiger partial charge in [-0.3, -0.25) is 4.79 Å². The smallest absolute Gasteiger partial charge is 0.257 e. The Labute approximate surface area is 130 Å². The van der Waals surface area contributed by atoms with Crippen LogP contribution in [0, 0.1) is 5.82 Å². The summed E-state index contributed by atoms with van der Waals surface area (Å²) in [6.45, 7) is 0.